The number of nitrogens with zero attached hydrogens (tertiary/aromatic N) is 1. The molecule has 1 aliphatic rings. The Hall–Kier alpha value is -1.95. The van der Waals surface area contributed by atoms with Crippen molar-refractivity contribution in [3.63, 3.8) is 0 Å². The van der Waals surface area contributed by atoms with Gasteiger partial charge in [-0.25, -0.2) is 4.79 Å². The molecular formula is C17H18BrNO4. The maximum atomic E-state index is 12.5. The van der Waals surface area contributed by atoms with Gasteiger partial charge in [-0.1, -0.05) is 34.1 Å². The molecule has 23 heavy (non-hydrogen) atoms. The molecular weight excluding hydrogens is 362 g/mol. The lowest BCUT2D eigenvalue weighted by atomic mass is 9.87. The smallest absolute Gasteiger partial charge is 0.414 e. The SMILES string of the molecule is CCOC(=O)N1c2ccccc2C=C(Br)C1C(C(C)=O)C(C)=O. The van der Waals surface area contributed by atoms with E-state index in [1.54, 1.807) is 19.1 Å². The highest BCUT2D eigenvalue weighted by Crippen LogP contribution is 2.39. The van der Waals surface area contributed by atoms with E-state index in [9.17, 15) is 14.4 Å². The van der Waals surface area contributed by atoms with Crippen LogP contribution in [0.4, 0.5) is 10.5 Å². The Morgan fingerprint density at radius 3 is 2.39 bits per heavy atom. The van der Waals surface area contributed by atoms with E-state index >= 15 is 0 Å². The number of amides is 1. The Morgan fingerprint density at radius 2 is 1.83 bits per heavy atom. The van der Waals surface area contributed by atoms with E-state index in [1.165, 1.54) is 18.7 Å². The topological polar surface area (TPSA) is 63.7 Å². The first-order chi connectivity index (χ1) is 10.9. The van der Waals surface area contributed by atoms with Crippen LogP contribution in [-0.4, -0.2) is 30.3 Å². The van der Waals surface area contributed by atoms with E-state index in [0.29, 0.717) is 10.2 Å². The van der Waals surface area contributed by atoms with Gasteiger partial charge in [-0.15, -0.1) is 0 Å². The zero-order valence-electron chi connectivity index (χ0n) is 13.2. The highest BCUT2D eigenvalue weighted by Gasteiger charge is 2.42. The van der Waals surface area contributed by atoms with Gasteiger partial charge in [0.15, 0.2) is 0 Å². The van der Waals surface area contributed by atoms with E-state index in [0.717, 1.165) is 5.56 Å². The van der Waals surface area contributed by atoms with Gasteiger partial charge in [0, 0.05) is 4.48 Å². The van der Waals surface area contributed by atoms with Crippen LogP contribution in [0.2, 0.25) is 0 Å². The zero-order valence-corrected chi connectivity index (χ0v) is 14.8. The molecule has 0 N–H and O–H groups in total. The molecule has 0 aromatic heterocycles. The van der Waals surface area contributed by atoms with Gasteiger partial charge in [0.25, 0.3) is 0 Å². The number of benzene rings is 1. The molecule has 1 aromatic carbocycles. The van der Waals surface area contributed by atoms with Gasteiger partial charge in [0.2, 0.25) is 0 Å². The number of rotatable bonds is 4. The number of halogens is 1. The molecule has 0 aliphatic carbocycles. The predicted octanol–water partition coefficient (Wildman–Crippen LogP) is 3.56. The van der Waals surface area contributed by atoms with Gasteiger partial charge in [0.1, 0.15) is 17.5 Å². The van der Waals surface area contributed by atoms with Gasteiger partial charge in [-0.05, 0) is 38.5 Å². The van der Waals surface area contributed by atoms with E-state index in [2.05, 4.69) is 15.9 Å². The van der Waals surface area contributed by atoms with Crippen molar-refractivity contribution in [2.24, 2.45) is 5.92 Å². The molecule has 1 amide bonds. The Balaban J connectivity index is 2.61. The molecule has 1 aromatic rings. The molecule has 0 fully saturated rings. The molecule has 1 aliphatic heterocycles. The lowest BCUT2D eigenvalue weighted by molar-refractivity contribution is -0.130. The second kappa shape index (κ2) is 7.08. The molecule has 0 saturated carbocycles. The summed E-state index contributed by atoms with van der Waals surface area (Å²) in [5.74, 6) is -1.53. The molecule has 1 heterocycles. The number of Topliss-reactive ketones (excluding diaryl/α,β-unsaturated/α-hetero) is 2. The molecule has 0 spiro atoms. The summed E-state index contributed by atoms with van der Waals surface area (Å²) < 4.78 is 5.74. The fourth-order valence-electron chi connectivity index (χ4n) is 2.78. The first kappa shape index (κ1) is 17.4. The summed E-state index contributed by atoms with van der Waals surface area (Å²) in [6.07, 6.45) is 1.25. The normalized spacial score (nSPS) is 16.7. The van der Waals surface area contributed by atoms with Crippen molar-refractivity contribution in [3.8, 4) is 0 Å². The van der Waals surface area contributed by atoms with Gasteiger partial charge >= 0.3 is 6.09 Å². The van der Waals surface area contributed by atoms with Crippen molar-refractivity contribution < 1.29 is 19.1 Å². The quantitative estimate of drug-likeness (QED) is 0.750. The van der Waals surface area contributed by atoms with Crippen LogP contribution in [0.25, 0.3) is 6.08 Å². The minimum Gasteiger partial charge on any atom is -0.449 e. The second-order valence-electron chi connectivity index (χ2n) is 5.30. The minimum absolute atomic E-state index is 0.205. The van der Waals surface area contributed by atoms with Gasteiger partial charge in [-0.2, -0.15) is 0 Å². The lowest BCUT2D eigenvalue weighted by Gasteiger charge is -2.37. The fourth-order valence-corrected chi connectivity index (χ4v) is 3.50. The summed E-state index contributed by atoms with van der Waals surface area (Å²) in [6.45, 7) is 4.63. The number of carbonyl (C=O) groups is 3. The molecule has 5 nitrogen and oxygen atoms in total. The van der Waals surface area contributed by atoms with Gasteiger partial charge in [-0.3, -0.25) is 14.5 Å². The van der Waals surface area contributed by atoms with Crippen molar-refractivity contribution in [1.82, 2.24) is 0 Å². The van der Waals surface area contributed by atoms with Crippen LogP contribution in [0.15, 0.2) is 28.7 Å². The van der Waals surface area contributed by atoms with Crippen LogP contribution in [0.3, 0.4) is 0 Å². The maximum absolute atomic E-state index is 12.5. The molecule has 0 radical (unpaired) electrons. The molecule has 122 valence electrons. The largest absolute Gasteiger partial charge is 0.449 e. The standard InChI is InChI=1S/C17H18BrNO4/c1-4-23-17(22)19-14-8-6-5-7-12(14)9-13(18)16(19)15(10(2)20)11(3)21/h5-9,15-16H,4H2,1-3H3. The first-order valence-electron chi connectivity index (χ1n) is 7.31. The molecule has 0 saturated heterocycles. The number of ketones is 2. The van der Waals surface area contributed by atoms with E-state index < -0.39 is 18.1 Å². The third kappa shape index (κ3) is 3.37. The summed E-state index contributed by atoms with van der Waals surface area (Å²) >= 11 is 3.43. The summed E-state index contributed by atoms with van der Waals surface area (Å²) in [5, 5.41) is 0. The average molecular weight is 380 g/mol. The number of carbonyl (C=O) groups excluding carboxylic acids is 3. The fraction of sp³-hybridized carbons (Fsp3) is 0.353. The molecule has 2 rings (SSSR count). The van der Waals surface area contributed by atoms with Crippen molar-refractivity contribution in [1.29, 1.82) is 0 Å². The van der Waals surface area contributed by atoms with Gasteiger partial charge in [0.05, 0.1) is 18.3 Å². The second-order valence-corrected chi connectivity index (χ2v) is 6.22. The highest BCUT2D eigenvalue weighted by molar-refractivity contribution is 9.11. The van der Waals surface area contributed by atoms with Crippen molar-refractivity contribution in [2.45, 2.75) is 26.8 Å². The lowest BCUT2D eigenvalue weighted by Crippen LogP contribution is -2.51. The van der Waals surface area contributed by atoms with E-state index in [4.69, 9.17) is 4.74 Å². The average Bonchev–Trinajstić information content (AvgIpc) is 2.47. The molecule has 1 unspecified atom stereocenters. The summed E-state index contributed by atoms with van der Waals surface area (Å²) in [5.41, 5.74) is 1.43. The Bertz CT molecular complexity index is 669. The van der Waals surface area contributed by atoms with Crippen LogP contribution < -0.4 is 4.90 Å². The van der Waals surface area contributed by atoms with E-state index in [-0.39, 0.29) is 18.2 Å². The summed E-state index contributed by atoms with van der Waals surface area (Å²) in [7, 11) is 0. The van der Waals surface area contributed by atoms with Crippen LogP contribution in [0, 0.1) is 5.92 Å². The molecule has 0 bridgehead atoms. The van der Waals surface area contributed by atoms with Gasteiger partial charge < -0.3 is 4.74 Å². The zero-order chi connectivity index (χ0) is 17.1. The number of hydrogen-bond acceptors (Lipinski definition) is 4. The summed E-state index contributed by atoms with van der Waals surface area (Å²) in [6, 6.07) is 6.54. The maximum Gasteiger partial charge on any atom is 0.414 e. The van der Waals surface area contributed by atoms with Crippen molar-refractivity contribution in [3.05, 3.63) is 34.3 Å². The van der Waals surface area contributed by atoms with Crippen molar-refractivity contribution in [2.75, 3.05) is 11.5 Å². The first-order valence-corrected chi connectivity index (χ1v) is 8.10. The number of ether oxygens (including phenoxy) is 1. The molecule has 1 atom stereocenters. The van der Waals surface area contributed by atoms with Crippen LogP contribution in [0.1, 0.15) is 26.3 Å². The number of hydrogen-bond donors (Lipinski definition) is 0. The van der Waals surface area contributed by atoms with E-state index in [1.807, 2.05) is 18.2 Å². The third-order valence-corrected chi connectivity index (χ3v) is 4.40. The molecule has 6 heteroatoms. The van der Waals surface area contributed by atoms with Crippen LogP contribution in [0.5, 0.6) is 0 Å². The van der Waals surface area contributed by atoms with Crippen LogP contribution in [-0.2, 0) is 14.3 Å². The van der Waals surface area contributed by atoms with Crippen molar-refractivity contribution >= 4 is 45.4 Å². The predicted molar refractivity (Wildman–Crippen MR) is 91.5 cm³/mol. The highest BCUT2D eigenvalue weighted by atomic mass is 79.9. The monoisotopic (exact) mass is 379 g/mol. The Labute approximate surface area is 143 Å². The minimum atomic E-state index is -0.946. The van der Waals surface area contributed by atoms with Crippen LogP contribution >= 0.6 is 15.9 Å². The third-order valence-electron chi connectivity index (χ3n) is 3.71. The Kier molecular flexibility index (Phi) is 5.36. The number of fused-ring (bicyclic) bond motifs is 1. The number of para-hydroxylation sites is 1. The Morgan fingerprint density at radius 1 is 1.22 bits per heavy atom. The number of anilines is 1. The summed E-state index contributed by atoms with van der Waals surface area (Å²) in [4.78, 5) is 37.9.